The van der Waals surface area contributed by atoms with Gasteiger partial charge < -0.3 is 5.11 Å². The maximum absolute atomic E-state index is 14.6. The van der Waals surface area contributed by atoms with Gasteiger partial charge in [0, 0.05) is 28.6 Å². The molecule has 0 bridgehead atoms. The Bertz CT molecular complexity index is 948. The van der Waals surface area contributed by atoms with E-state index >= 15 is 0 Å². The van der Waals surface area contributed by atoms with E-state index in [1.165, 1.54) is 47.3 Å². The minimum Gasteiger partial charge on any atom is -0.383 e. The van der Waals surface area contributed by atoms with Crippen LogP contribution in [0.1, 0.15) is 25.0 Å². The highest BCUT2D eigenvalue weighted by Crippen LogP contribution is 2.44. The summed E-state index contributed by atoms with van der Waals surface area (Å²) in [7, 11) is 0. The van der Waals surface area contributed by atoms with Crippen LogP contribution in [0, 0.1) is 22.9 Å². The SMILES string of the molecule is CC(C)(CSCc1ccc(F)cc1)C(O)(Cn1cncn1)c1ccc(F)cc1F. The van der Waals surface area contributed by atoms with Crippen LogP contribution in [0.15, 0.2) is 55.1 Å². The van der Waals surface area contributed by atoms with Crippen LogP contribution in [0.3, 0.4) is 0 Å². The fourth-order valence-electron chi connectivity index (χ4n) is 3.16. The van der Waals surface area contributed by atoms with Gasteiger partial charge in [-0.2, -0.15) is 16.9 Å². The number of aromatic nitrogens is 3. The van der Waals surface area contributed by atoms with Gasteiger partial charge in [-0.25, -0.2) is 22.8 Å². The highest BCUT2D eigenvalue weighted by atomic mass is 32.2. The van der Waals surface area contributed by atoms with Crippen LogP contribution in [-0.2, 0) is 17.9 Å². The summed E-state index contributed by atoms with van der Waals surface area (Å²) in [6.45, 7) is 3.61. The second kappa shape index (κ2) is 8.59. The number of benzene rings is 2. The maximum Gasteiger partial charge on any atom is 0.137 e. The number of hydrogen-bond donors (Lipinski definition) is 1. The van der Waals surface area contributed by atoms with E-state index in [1.807, 2.05) is 13.8 Å². The minimum atomic E-state index is -1.67. The summed E-state index contributed by atoms with van der Waals surface area (Å²) < 4.78 is 42.6. The van der Waals surface area contributed by atoms with Gasteiger partial charge in [0.2, 0.25) is 0 Å². The van der Waals surface area contributed by atoms with Crippen LogP contribution < -0.4 is 0 Å². The summed E-state index contributed by atoms with van der Waals surface area (Å²) in [5, 5.41) is 15.7. The Labute approximate surface area is 171 Å². The number of nitrogens with zero attached hydrogens (tertiary/aromatic N) is 3. The number of thioether (sulfide) groups is 1. The molecular formula is C21H22F3N3OS. The van der Waals surface area contributed by atoms with Crippen LogP contribution in [0.2, 0.25) is 0 Å². The van der Waals surface area contributed by atoms with Gasteiger partial charge in [-0.3, -0.25) is 0 Å². The minimum absolute atomic E-state index is 0.00165. The lowest BCUT2D eigenvalue weighted by molar-refractivity contribution is -0.0804. The quantitative estimate of drug-likeness (QED) is 0.580. The average molecular weight is 421 g/mol. The van der Waals surface area contributed by atoms with Gasteiger partial charge in [0.1, 0.15) is 35.7 Å². The Morgan fingerprint density at radius 2 is 1.72 bits per heavy atom. The summed E-state index contributed by atoms with van der Waals surface area (Å²) in [5.41, 5.74) is -1.54. The standard InChI is InChI=1S/C21H22F3N3OS/c1-20(2,12-29-10-15-3-5-16(22)6-4-15)21(28,11-27-14-25-13-26-27)18-8-7-17(23)9-19(18)24/h3-9,13-14,28H,10-12H2,1-2H3. The molecule has 3 aromatic rings. The molecule has 0 spiro atoms. The lowest BCUT2D eigenvalue weighted by Gasteiger charge is -2.43. The summed E-state index contributed by atoms with van der Waals surface area (Å²) in [4.78, 5) is 3.88. The van der Waals surface area contributed by atoms with E-state index in [4.69, 9.17) is 0 Å². The molecule has 8 heteroatoms. The molecule has 2 aromatic carbocycles. The molecule has 0 aliphatic rings. The molecule has 0 aliphatic heterocycles. The third-order valence-corrected chi connectivity index (χ3v) is 6.46. The first kappa shape index (κ1) is 21.4. The van der Waals surface area contributed by atoms with E-state index in [0.29, 0.717) is 11.5 Å². The van der Waals surface area contributed by atoms with Gasteiger partial charge in [0.25, 0.3) is 0 Å². The lowest BCUT2D eigenvalue weighted by atomic mass is 9.71. The predicted octanol–water partition coefficient (Wildman–Crippen LogP) is 4.54. The smallest absolute Gasteiger partial charge is 0.137 e. The zero-order chi connectivity index (χ0) is 21.1. The van der Waals surface area contributed by atoms with Crippen molar-refractivity contribution < 1.29 is 18.3 Å². The molecule has 0 radical (unpaired) electrons. The third-order valence-electron chi connectivity index (χ3n) is 5.00. The van der Waals surface area contributed by atoms with Gasteiger partial charge >= 0.3 is 0 Å². The van der Waals surface area contributed by atoms with Gasteiger partial charge in [0.05, 0.1) is 6.54 Å². The van der Waals surface area contributed by atoms with E-state index in [2.05, 4.69) is 10.1 Å². The van der Waals surface area contributed by atoms with E-state index in [9.17, 15) is 18.3 Å². The van der Waals surface area contributed by atoms with E-state index < -0.39 is 22.7 Å². The first-order chi connectivity index (χ1) is 13.7. The molecule has 4 nitrogen and oxygen atoms in total. The first-order valence-electron chi connectivity index (χ1n) is 9.04. The highest BCUT2D eigenvalue weighted by molar-refractivity contribution is 7.98. The van der Waals surface area contributed by atoms with Gasteiger partial charge in [-0.1, -0.05) is 32.0 Å². The molecule has 154 valence electrons. The molecule has 0 aliphatic carbocycles. The number of rotatable bonds is 8. The van der Waals surface area contributed by atoms with Gasteiger partial charge in [-0.05, 0) is 23.8 Å². The summed E-state index contributed by atoms with van der Waals surface area (Å²) in [5.74, 6) is -0.753. The van der Waals surface area contributed by atoms with Crippen molar-refractivity contribution in [2.75, 3.05) is 5.75 Å². The normalized spacial score (nSPS) is 14.0. The number of aliphatic hydroxyl groups is 1. The van der Waals surface area contributed by atoms with E-state index in [-0.39, 0.29) is 17.9 Å². The van der Waals surface area contributed by atoms with Crippen molar-refractivity contribution in [3.63, 3.8) is 0 Å². The van der Waals surface area contributed by atoms with Crippen molar-refractivity contribution >= 4 is 11.8 Å². The van der Waals surface area contributed by atoms with Gasteiger partial charge in [-0.15, -0.1) is 0 Å². The second-order valence-corrected chi connectivity index (χ2v) is 8.57. The molecule has 0 saturated heterocycles. The Morgan fingerprint density at radius 3 is 2.34 bits per heavy atom. The maximum atomic E-state index is 14.6. The molecule has 1 unspecified atom stereocenters. The van der Waals surface area contributed by atoms with Crippen LogP contribution >= 0.6 is 11.8 Å². The fourth-order valence-corrected chi connectivity index (χ4v) is 4.44. The topological polar surface area (TPSA) is 50.9 Å². The zero-order valence-electron chi connectivity index (χ0n) is 16.1. The molecule has 1 atom stereocenters. The van der Waals surface area contributed by atoms with Crippen molar-refractivity contribution in [2.45, 2.75) is 31.7 Å². The molecular weight excluding hydrogens is 399 g/mol. The van der Waals surface area contributed by atoms with E-state index in [1.54, 1.807) is 12.1 Å². The second-order valence-electron chi connectivity index (χ2n) is 7.58. The monoisotopic (exact) mass is 421 g/mol. The molecule has 1 N–H and O–H groups in total. The molecule has 0 saturated carbocycles. The van der Waals surface area contributed by atoms with Crippen molar-refractivity contribution in [2.24, 2.45) is 5.41 Å². The first-order valence-corrected chi connectivity index (χ1v) is 10.2. The summed E-state index contributed by atoms with van der Waals surface area (Å²) in [6, 6.07) is 9.38. The predicted molar refractivity (Wildman–Crippen MR) is 107 cm³/mol. The Balaban J connectivity index is 1.85. The van der Waals surface area contributed by atoms with Crippen LogP contribution in [0.4, 0.5) is 13.2 Å². The van der Waals surface area contributed by atoms with Crippen LogP contribution in [0.25, 0.3) is 0 Å². The lowest BCUT2D eigenvalue weighted by Crippen LogP contribution is -2.47. The highest BCUT2D eigenvalue weighted by Gasteiger charge is 2.47. The third kappa shape index (κ3) is 4.82. The molecule has 0 amide bonds. The number of halogens is 3. The Kier molecular flexibility index (Phi) is 6.33. The summed E-state index contributed by atoms with van der Waals surface area (Å²) in [6.07, 6.45) is 2.77. The molecule has 3 rings (SSSR count). The molecule has 0 fully saturated rings. The average Bonchev–Trinajstić information content (AvgIpc) is 3.15. The molecule has 29 heavy (non-hydrogen) atoms. The van der Waals surface area contributed by atoms with Crippen molar-refractivity contribution in [3.8, 4) is 0 Å². The largest absolute Gasteiger partial charge is 0.383 e. The fraction of sp³-hybridized carbons (Fsp3) is 0.333. The Hall–Kier alpha value is -2.32. The van der Waals surface area contributed by atoms with Crippen molar-refractivity contribution in [1.29, 1.82) is 0 Å². The van der Waals surface area contributed by atoms with Gasteiger partial charge in [0.15, 0.2) is 0 Å². The Morgan fingerprint density at radius 1 is 1.03 bits per heavy atom. The van der Waals surface area contributed by atoms with Crippen LogP contribution in [-0.4, -0.2) is 25.6 Å². The summed E-state index contributed by atoms with van der Waals surface area (Å²) >= 11 is 1.54. The molecule has 1 heterocycles. The van der Waals surface area contributed by atoms with Crippen LogP contribution in [0.5, 0.6) is 0 Å². The van der Waals surface area contributed by atoms with E-state index in [0.717, 1.165) is 17.7 Å². The zero-order valence-corrected chi connectivity index (χ0v) is 17.0. The number of hydrogen-bond acceptors (Lipinski definition) is 4. The molecule has 1 aromatic heterocycles. The van der Waals surface area contributed by atoms with Crippen molar-refractivity contribution in [3.05, 3.63) is 83.7 Å². The van der Waals surface area contributed by atoms with Crippen molar-refractivity contribution in [1.82, 2.24) is 14.8 Å².